The Kier molecular flexibility index (Phi) is 2.45. The molecule has 3 N–H and O–H groups in total. The Balaban J connectivity index is 2.19. The van der Waals surface area contributed by atoms with Crippen molar-refractivity contribution in [3.8, 4) is 11.4 Å². The molecule has 3 nitrogen and oxygen atoms in total. The molecule has 2 aromatic heterocycles. The summed E-state index contributed by atoms with van der Waals surface area (Å²) in [5.74, 6) is -0.230. The maximum Gasteiger partial charge on any atom is 0.147 e. The molecule has 18 heavy (non-hydrogen) atoms. The zero-order chi connectivity index (χ0) is 12.7. The van der Waals surface area contributed by atoms with E-state index in [2.05, 4.69) is 4.98 Å². The van der Waals surface area contributed by atoms with Gasteiger partial charge in [0, 0.05) is 24.7 Å². The SMILES string of the molecule is Cn1c(CN)ccc1-c1cc2cccc(F)c2[nH]1. The minimum Gasteiger partial charge on any atom is -0.351 e. The summed E-state index contributed by atoms with van der Waals surface area (Å²) in [5, 5.41) is 0.875. The zero-order valence-electron chi connectivity index (χ0n) is 10.1. The molecule has 92 valence electrons. The number of fused-ring (bicyclic) bond motifs is 1. The number of benzene rings is 1. The fourth-order valence-electron chi connectivity index (χ4n) is 2.29. The summed E-state index contributed by atoms with van der Waals surface area (Å²) >= 11 is 0. The van der Waals surface area contributed by atoms with Gasteiger partial charge in [-0.05, 0) is 24.3 Å². The number of para-hydroxylation sites is 1. The van der Waals surface area contributed by atoms with E-state index in [0.717, 1.165) is 22.5 Å². The van der Waals surface area contributed by atoms with Gasteiger partial charge in [-0.1, -0.05) is 12.1 Å². The Morgan fingerprint density at radius 2 is 2.11 bits per heavy atom. The summed E-state index contributed by atoms with van der Waals surface area (Å²) in [7, 11) is 1.96. The van der Waals surface area contributed by atoms with Crippen LogP contribution < -0.4 is 5.73 Å². The van der Waals surface area contributed by atoms with E-state index in [0.29, 0.717) is 12.1 Å². The Morgan fingerprint density at radius 3 is 2.78 bits per heavy atom. The van der Waals surface area contributed by atoms with Gasteiger partial charge in [-0.3, -0.25) is 0 Å². The summed E-state index contributed by atoms with van der Waals surface area (Å²) in [6.07, 6.45) is 0. The van der Waals surface area contributed by atoms with Crippen LogP contribution in [0.1, 0.15) is 5.69 Å². The number of hydrogen-bond acceptors (Lipinski definition) is 1. The molecule has 0 aliphatic rings. The molecular weight excluding hydrogens is 229 g/mol. The van der Waals surface area contributed by atoms with Gasteiger partial charge >= 0.3 is 0 Å². The molecule has 3 aromatic rings. The molecular formula is C14H14FN3. The summed E-state index contributed by atoms with van der Waals surface area (Å²) in [6.45, 7) is 0.491. The maximum absolute atomic E-state index is 13.6. The van der Waals surface area contributed by atoms with Gasteiger partial charge in [0.2, 0.25) is 0 Å². The molecule has 0 saturated heterocycles. The summed E-state index contributed by atoms with van der Waals surface area (Å²) < 4.78 is 15.6. The van der Waals surface area contributed by atoms with Crippen molar-refractivity contribution in [2.45, 2.75) is 6.54 Å². The number of aromatic nitrogens is 2. The van der Waals surface area contributed by atoms with Gasteiger partial charge in [0.1, 0.15) is 5.82 Å². The lowest BCUT2D eigenvalue weighted by molar-refractivity contribution is 0.637. The molecule has 4 heteroatoms. The van der Waals surface area contributed by atoms with Crippen LogP contribution in [-0.4, -0.2) is 9.55 Å². The number of nitrogens with zero attached hydrogens (tertiary/aromatic N) is 1. The highest BCUT2D eigenvalue weighted by atomic mass is 19.1. The Morgan fingerprint density at radius 1 is 1.28 bits per heavy atom. The van der Waals surface area contributed by atoms with Gasteiger partial charge < -0.3 is 15.3 Å². The molecule has 0 amide bonds. The summed E-state index contributed by atoms with van der Waals surface area (Å²) in [6, 6.07) is 11.0. The highest BCUT2D eigenvalue weighted by Gasteiger charge is 2.10. The minimum atomic E-state index is -0.230. The predicted octanol–water partition coefficient (Wildman–Crippen LogP) is 2.77. The number of hydrogen-bond donors (Lipinski definition) is 2. The molecule has 0 saturated carbocycles. The molecule has 0 aliphatic carbocycles. The van der Waals surface area contributed by atoms with E-state index in [-0.39, 0.29) is 5.82 Å². The van der Waals surface area contributed by atoms with Crippen molar-refractivity contribution in [3.63, 3.8) is 0 Å². The molecule has 3 rings (SSSR count). The largest absolute Gasteiger partial charge is 0.351 e. The highest BCUT2D eigenvalue weighted by Crippen LogP contribution is 2.26. The number of aromatic amines is 1. The van der Waals surface area contributed by atoms with Crippen LogP contribution >= 0.6 is 0 Å². The van der Waals surface area contributed by atoms with E-state index in [4.69, 9.17) is 5.73 Å². The first kappa shape index (κ1) is 11.0. The standard InChI is InChI=1S/C14H14FN3/c1-18-10(8-16)5-6-13(18)12-7-9-3-2-4-11(15)14(9)17-12/h2-7,17H,8,16H2,1H3. The minimum absolute atomic E-state index is 0.230. The summed E-state index contributed by atoms with van der Waals surface area (Å²) in [5.41, 5.74) is 9.15. The van der Waals surface area contributed by atoms with Crippen molar-refractivity contribution in [2.75, 3.05) is 0 Å². The average Bonchev–Trinajstić information content (AvgIpc) is 2.93. The Labute approximate surface area is 104 Å². The zero-order valence-corrected chi connectivity index (χ0v) is 10.1. The van der Waals surface area contributed by atoms with Crippen LogP contribution in [0.25, 0.3) is 22.3 Å². The van der Waals surface area contributed by atoms with E-state index >= 15 is 0 Å². The second kappa shape index (κ2) is 3.99. The predicted molar refractivity (Wildman–Crippen MR) is 70.6 cm³/mol. The van der Waals surface area contributed by atoms with E-state index in [1.165, 1.54) is 6.07 Å². The average molecular weight is 243 g/mol. The molecule has 0 fully saturated rings. The molecule has 0 aliphatic heterocycles. The van der Waals surface area contributed by atoms with Crippen LogP contribution in [0.15, 0.2) is 36.4 Å². The molecule has 0 unspecified atom stereocenters. The molecule has 0 bridgehead atoms. The van der Waals surface area contributed by atoms with Crippen molar-refractivity contribution in [1.82, 2.24) is 9.55 Å². The van der Waals surface area contributed by atoms with Crippen LogP contribution in [0.2, 0.25) is 0 Å². The third kappa shape index (κ3) is 1.54. The number of nitrogens with two attached hydrogens (primary N) is 1. The summed E-state index contributed by atoms with van der Waals surface area (Å²) in [4.78, 5) is 3.12. The molecule has 2 heterocycles. The van der Waals surface area contributed by atoms with Gasteiger partial charge in [0.15, 0.2) is 0 Å². The lowest BCUT2D eigenvalue weighted by Gasteiger charge is -2.04. The topological polar surface area (TPSA) is 46.7 Å². The fraction of sp³-hybridized carbons (Fsp3) is 0.143. The third-order valence-corrected chi connectivity index (χ3v) is 3.32. The van der Waals surface area contributed by atoms with Gasteiger partial charge in [0.25, 0.3) is 0 Å². The highest BCUT2D eigenvalue weighted by molar-refractivity contribution is 5.85. The first-order chi connectivity index (χ1) is 8.70. The van der Waals surface area contributed by atoms with Crippen LogP contribution in [-0.2, 0) is 13.6 Å². The Hall–Kier alpha value is -2.07. The van der Waals surface area contributed by atoms with Crippen LogP contribution in [0.5, 0.6) is 0 Å². The van der Waals surface area contributed by atoms with Crippen molar-refractivity contribution in [1.29, 1.82) is 0 Å². The first-order valence-electron chi connectivity index (χ1n) is 5.83. The maximum atomic E-state index is 13.6. The van der Waals surface area contributed by atoms with Gasteiger partial charge in [-0.2, -0.15) is 0 Å². The van der Waals surface area contributed by atoms with Crippen LogP contribution in [0, 0.1) is 5.82 Å². The van der Waals surface area contributed by atoms with Crippen LogP contribution in [0.3, 0.4) is 0 Å². The monoisotopic (exact) mass is 243 g/mol. The van der Waals surface area contributed by atoms with Crippen molar-refractivity contribution >= 4 is 10.9 Å². The fourth-order valence-corrected chi connectivity index (χ4v) is 2.29. The van der Waals surface area contributed by atoms with Crippen LogP contribution in [0.4, 0.5) is 4.39 Å². The van der Waals surface area contributed by atoms with Gasteiger partial charge in [0.05, 0.1) is 16.9 Å². The third-order valence-electron chi connectivity index (χ3n) is 3.32. The van der Waals surface area contributed by atoms with Gasteiger partial charge in [-0.25, -0.2) is 4.39 Å². The lowest BCUT2D eigenvalue weighted by Crippen LogP contribution is -2.03. The first-order valence-corrected chi connectivity index (χ1v) is 5.83. The number of H-pyrrole nitrogens is 1. The smallest absolute Gasteiger partial charge is 0.147 e. The van der Waals surface area contributed by atoms with E-state index < -0.39 is 0 Å². The van der Waals surface area contributed by atoms with Crippen molar-refractivity contribution in [3.05, 3.63) is 47.9 Å². The normalized spacial score (nSPS) is 11.3. The van der Waals surface area contributed by atoms with E-state index in [1.807, 2.05) is 35.9 Å². The van der Waals surface area contributed by atoms with Crippen molar-refractivity contribution in [2.24, 2.45) is 12.8 Å². The van der Waals surface area contributed by atoms with E-state index in [9.17, 15) is 4.39 Å². The molecule has 0 radical (unpaired) electrons. The number of halogens is 1. The van der Waals surface area contributed by atoms with Crippen molar-refractivity contribution < 1.29 is 4.39 Å². The molecule has 0 spiro atoms. The molecule has 0 atom stereocenters. The Bertz CT molecular complexity index is 709. The lowest BCUT2D eigenvalue weighted by atomic mass is 10.2. The van der Waals surface area contributed by atoms with E-state index in [1.54, 1.807) is 6.07 Å². The number of nitrogens with one attached hydrogen (secondary N) is 1. The second-order valence-corrected chi connectivity index (χ2v) is 4.36. The second-order valence-electron chi connectivity index (χ2n) is 4.36. The van der Waals surface area contributed by atoms with Gasteiger partial charge in [-0.15, -0.1) is 0 Å². The molecule has 1 aromatic carbocycles. The number of rotatable bonds is 2. The quantitative estimate of drug-likeness (QED) is 0.714.